The van der Waals surface area contributed by atoms with Crippen LogP contribution in [0.15, 0.2) is 35.8 Å². The third-order valence-corrected chi connectivity index (χ3v) is 3.92. The molecule has 0 amide bonds. The molecule has 2 nitrogen and oxygen atoms in total. The van der Waals surface area contributed by atoms with Crippen molar-refractivity contribution in [1.82, 2.24) is 9.97 Å². The molecule has 0 saturated heterocycles. The second-order valence-corrected chi connectivity index (χ2v) is 5.19. The Balaban J connectivity index is 2.37. The van der Waals surface area contributed by atoms with Crippen LogP contribution in [0.2, 0.25) is 0 Å². The van der Waals surface area contributed by atoms with Crippen molar-refractivity contribution in [1.29, 1.82) is 0 Å². The van der Waals surface area contributed by atoms with Gasteiger partial charge in [-0.05, 0) is 41.5 Å². The Kier molecular flexibility index (Phi) is 2.53. The predicted molar refractivity (Wildman–Crippen MR) is 75.0 cm³/mol. The molecule has 0 aliphatic carbocycles. The van der Waals surface area contributed by atoms with E-state index in [1.807, 2.05) is 13.1 Å². The van der Waals surface area contributed by atoms with Crippen molar-refractivity contribution in [2.45, 2.75) is 6.92 Å². The van der Waals surface area contributed by atoms with Gasteiger partial charge in [0.05, 0.1) is 5.69 Å². The highest BCUT2D eigenvalue weighted by molar-refractivity contribution is 7.71. The van der Waals surface area contributed by atoms with Crippen LogP contribution in [0.4, 0.5) is 0 Å². The van der Waals surface area contributed by atoms with Crippen LogP contribution in [-0.2, 0) is 0 Å². The van der Waals surface area contributed by atoms with E-state index in [-0.39, 0.29) is 0 Å². The summed E-state index contributed by atoms with van der Waals surface area (Å²) in [4.78, 5) is 7.28. The van der Waals surface area contributed by atoms with Crippen molar-refractivity contribution in [2.75, 3.05) is 0 Å². The lowest BCUT2D eigenvalue weighted by atomic mass is 10.1. The zero-order chi connectivity index (χ0) is 11.8. The minimum absolute atomic E-state index is 0.527. The molecular weight excluding hydrogens is 248 g/mol. The summed E-state index contributed by atoms with van der Waals surface area (Å²) in [6, 6.07) is 8.45. The predicted octanol–water partition coefficient (Wildman–Crippen LogP) is 4.33. The van der Waals surface area contributed by atoms with E-state index in [4.69, 9.17) is 12.2 Å². The average molecular weight is 258 g/mol. The molecule has 0 aliphatic rings. The molecule has 0 spiro atoms. The zero-order valence-electron chi connectivity index (χ0n) is 9.23. The van der Waals surface area contributed by atoms with Crippen LogP contribution in [0.3, 0.4) is 0 Å². The molecule has 3 rings (SSSR count). The third-order valence-electron chi connectivity index (χ3n) is 2.75. The van der Waals surface area contributed by atoms with Crippen LogP contribution < -0.4 is 0 Å². The fourth-order valence-corrected chi connectivity index (χ4v) is 3.00. The van der Waals surface area contributed by atoms with Crippen molar-refractivity contribution in [3.8, 4) is 11.3 Å². The SMILES string of the molecule is Cc1cnc(=S)[nH]c1-c1cccc2ccsc12. The van der Waals surface area contributed by atoms with E-state index in [0.717, 1.165) is 11.3 Å². The Hall–Kier alpha value is -1.52. The van der Waals surface area contributed by atoms with Crippen molar-refractivity contribution in [3.05, 3.63) is 46.2 Å². The molecule has 4 heteroatoms. The van der Waals surface area contributed by atoms with E-state index >= 15 is 0 Å². The van der Waals surface area contributed by atoms with Crippen molar-refractivity contribution >= 4 is 33.6 Å². The van der Waals surface area contributed by atoms with Gasteiger partial charge in [-0.15, -0.1) is 11.3 Å². The van der Waals surface area contributed by atoms with Gasteiger partial charge in [0.2, 0.25) is 0 Å². The molecule has 0 saturated carbocycles. The van der Waals surface area contributed by atoms with E-state index < -0.39 is 0 Å². The van der Waals surface area contributed by atoms with Gasteiger partial charge in [-0.3, -0.25) is 0 Å². The molecule has 0 aliphatic heterocycles. The normalized spacial score (nSPS) is 10.9. The first kappa shape index (κ1) is 10.6. The summed E-state index contributed by atoms with van der Waals surface area (Å²) in [5, 5.41) is 3.38. The van der Waals surface area contributed by atoms with Crippen LogP contribution in [0.25, 0.3) is 21.3 Å². The number of hydrogen-bond donors (Lipinski definition) is 1. The minimum Gasteiger partial charge on any atom is -0.330 e. The Morgan fingerprint density at radius 3 is 3.06 bits per heavy atom. The maximum absolute atomic E-state index is 5.10. The molecule has 1 N–H and O–H groups in total. The Bertz CT molecular complexity index is 740. The first-order valence-electron chi connectivity index (χ1n) is 5.28. The Morgan fingerprint density at radius 2 is 2.18 bits per heavy atom. The van der Waals surface area contributed by atoms with E-state index in [2.05, 4.69) is 39.6 Å². The summed E-state index contributed by atoms with van der Waals surface area (Å²) < 4.78 is 1.81. The van der Waals surface area contributed by atoms with Gasteiger partial charge in [-0.2, -0.15) is 0 Å². The Morgan fingerprint density at radius 1 is 1.29 bits per heavy atom. The summed E-state index contributed by atoms with van der Waals surface area (Å²) in [5.41, 5.74) is 3.38. The highest BCUT2D eigenvalue weighted by Gasteiger charge is 2.07. The molecule has 84 valence electrons. The third kappa shape index (κ3) is 1.79. The second-order valence-electron chi connectivity index (χ2n) is 3.89. The number of rotatable bonds is 1. The standard InChI is InChI=1S/C13H10N2S2/c1-8-7-14-13(16)15-11(8)10-4-2-3-9-5-6-17-12(9)10/h2-7H,1H3,(H,14,15,16). The number of benzene rings is 1. The molecule has 0 unspecified atom stereocenters. The molecule has 17 heavy (non-hydrogen) atoms. The second kappa shape index (κ2) is 4.05. The van der Waals surface area contributed by atoms with Crippen molar-refractivity contribution in [2.24, 2.45) is 0 Å². The van der Waals surface area contributed by atoms with Crippen LogP contribution in [-0.4, -0.2) is 9.97 Å². The lowest BCUT2D eigenvalue weighted by molar-refractivity contribution is 1.11. The molecule has 0 bridgehead atoms. The van der Waals surface area contributed by atoms with Gasteiger partial charge in [0.1, 0.15) is 0 Å². The quantitative estimate of drug-likeness (QED) is 0.658. The largest absolute Gasteiger partial charge is 0.330 e. The summed E-state index contributed by atoms with van der Waals surface area (Å²) in [5.74, 6) is 0. The smallest absolute Gasteiger partial charge is 0.197 e. The van der Waals surface area contributed by atoms with Crippen LogP contribution >= 0.6 is 23.6 Å². The highest BCUT2D eigenvalue weighted by Crippen LogP contribution is 2.32. The van der Waals surface area contributed by atoms with Gasteiger partial charge in [0, 0.05) is 16.5 Å². The number of fused-ring (bicyclic) bond motifs is 1. The van der Waals surface area contributed by atoms with Crippen molar-refractivity contribution < 1.29 is 0 Å². The lowest BCUT2D eigenvalue weighted by Crippen LogP contribution is -1.91. The van der Waals surface area contributed by atoms with Crippen LogP contribution in [0.5, 0.6) is 0 Å². The van der Waals surface area contributed by atoms with Gasteiger partial charge in [-0.1, -0.05) is 18.2 Å². The minimum atomic E-state index is 0.527. The maximum Gasteiger partial charge on any atom is 0.197 e. The number of H-pyrrole nitrogens is 1. The number of nitrogens with one attached hydrogen (secondary N) is 1. The molecule has 3 aromatic rings. The van der Waals surface area contributed by atoms with Crippen LogP contribution in [0, 0.1) is 11.7 Å². The Labute approximate surface area is 108 Å². The van der Waals surface area contributed by atoms with Gasteiger partial charge < -0.3 is 4.98 Å². The van der Waals surface area contributed by atoms with Gasteiger partial charge in [0.15, 0.2) is 4.77 Å². The first-order valence-corrected chi connectivity index (χ1v) is 6.57. The summed E-state index contributed by atoms with van der Waals surface area (Å²) in [6.45, 7) is 2.04. The first-order chi connectivity index (χ1) is 8.25. The number of aromatic amines is 1. The summed E-state index contributed by atoms with van der Waals surface area (Å²) in [7, 11) is 0. The monoisotopic (exact) mass is 258 g/mol. The maximum atomic E-state index is 5.10. The number of nitrogens with zero attached hydrogens (tertiary/aromatic N) is 1. The zero-order valence-corrected chi connectivity index (χ0v) is 10.9. The molecule has 1 aromatic carbocycles. The topological polar surface area (TPSA) is 28.7 Å². The van der Waals surface area contributed by atoms with Gasteiger partial charge in [-0.25, -0.2) is 4.98 Å². The van der Waals surface area contributed by atoms with Gasteiger partial charge in [0.25, 0.3) is 0 Å². The van der Waals surface area contributed by atoms with E-state index in [9.17, 15) is 0 Å². The molecule has 2 heterocycles. The molecule has 0 radical (unpaired) electrons. The van der Waals surface area contributed by atoms with E-state index in [0.29, 0.717) is 4.77 Å². The highest BCUT2D eigenvalue weighted by atomic mass is 32.1. The van der Waals surface area contributed by atoms with Crippen molar-refractivity contribution in [3.63, 3.8) is 0 Å². The lowest BCUT2D eigenvalue weighted by Gasteiger charge is -2.06. The number of thiophene rings is 1. The fraction of sp³-hybridized carbons (Fsp3) is 0.0769. The van der Waals surface area contributed by atoms with Gasteiger partial charge >= 0.3 is 0 Å². The average Bonchev–Trinajstić information content (AvgIpc) is 2.80. The fourth-order valence-electron chi connectivity index (χ4n) is 1.93. The molecule has 0 fully saturated rings. The number of hydrogen-bond acceptors (Lipinski definition) is 3. The summed E-state index contributed by atoms with van der Waals surface area (Å²) in [6.07, 6.45) is 1.82. The van der Waals surface area contributed by atoms with E-state index in [1.54, 1.807) is 11.3 Å². The molecule has 0 atom stereocenters. The molecule has 2 aromatic heterocycles. The van der Waals surface area contributed by atoms with Crippen LogP contribution in [0.1, 0.15) is 5.56 Å². The molecular formula is C13H10N2S2. The number of aryl methyl sites for hydroxylation is 1. The van der Waals surface area contributed by atoms with E-state index in [1.165, 1.54) is 15.6 Å². The number of aromatic nitrogens is 2. The summed E-state index contributed by atoms with van der Waals surface area (Å²) >= 11 is 6.85.